The molecule has 2 aromatic carbocycles. The molecule has 8 nitrogen and oxygen atoms in total. The Bertz CT molecular complexity index is 1070. The summed E-state index contributed by atoms with van der Waals surface area (Å²) in [6.07, 6.45) is 3.20. The number of ether oxygens (including phenoxy) is 2. The van der Waals surface area contributed by atoms with Gasteiger partial charge in [0.25, 0.3) is 0 Å². The summed E-state index contributed by atoms with van der Waals surface area (Å²) in [6, 6.07) is 15.9. The maximum Gasteiger partial charge on any atom is 0.410 e. The first-order valence-corrected chi connectivity index (χ1v) is 13.6. The summed E-state index contributed by atoms with van der Waals surface area (Å²) >= 11 is 0. The number of carbonyl (C=O) groups is 1. The Balaban J connectivity index is 1.47. The molecule has 2 fully saturated rings. The van der Waals surface area contributed by atoms with Crippen molar-refractivity contribution >= 4 is 16.1 Å². The molecule has 1 saturated heterocycles. The van der Waals surface area contributed by atoms with E-state index in [1.165, 1.54) is 28.4 Å². The number of rotatable bonds is 11. The van der Waals surface area contributed by atoms with Gasteiger partial charge in [-0.1, -0.05) is 43.2 Å². The van der Waals surface area contributed by atoms with Crippen LogP contribution in [-0.2, 0) is 21.2 Å². The standard InChI is InChI=1S/C26H34N2O6S/c1-33-24-11-13-25(14-12-24)35(31,32)27(16-21-9-5-6-10-21)17-23(29)18-28-22(19-34-26(28)30)15-20-7-3-2-4-8-20/h2-4,7-8,11-14,21-23,29H,5-6,9-10,15-19H2,1H3/t22-,23+/m0/s1. The van der Waals surface area contributed by atoms with Gasteiger partial charge >= 0.3 is 6.09 Å². The van der Waals surface area contributed by atoms with E-state index >= 15 is 0 Å². The lowest BCUT2D eigenvalue weighted by Crippen LogP contribution is -2.46. The molecule has 9 heteroatoms. The zero-order valence-electron chi connectivity index (χ0n) is 20.1. The van der Waals surface area contributed by atoms with Gasteiger partial charge in [-0.2, -0.15) is 4.31 Å². The molecule has 2 aliphatic rings. The fourth-order valence-electron chi connectivity index (χ4n) is 4.94. The Kier molecular flexibility index (Phi) is 8.30. The van der Waals surface area contributed by atoms with Gasteiger partial charge in [0.1, 0.15) is 12.4 Å². The van der Waals surface area contributed by atoms with Crippen molar-refractivity contribution in [3.05, 3.63) is 60.2 Å². The highest BCUT2D eigenvalue weighted by Crippen LogP contribution is 2.29. The van der Waals surface area contributed by atoms with Crippen LogP contribution in [0.5, 0.6) is 5.75 Å². The number of hydrogen-bond donors (Lipinski definition) is 1. The van der Waals surface area contributed by atoms with Crippen LogP contribution in [0.4, 0.5) is 4.79 Å². The lowest BCUT2D eigenvalue weighted by molar-refractivity contribution is 0.0929. The summed E-state index contributed by atoms with van der Waals surface area (Å²) in [5.74, 6) is 0.834. The highest BCUT2D eigenvalue weighted by atomic mass is 32.2. The second-order valence-corrected chi connectivity index (χ2v) is 11.3. The lowest BCUT2D eigenvalue weighted by atomic mass is 10.1. The maximum absolute atomic E-state index is 13.5. The van der Waals surface area contributed by atoms with Crippen LogP contribution in [0.15, 0.2) is 59.5 Å². The molecule has 1 aliphatic carbocycles. The molecular formula is C26H34N2O6S. The molecule has 190 valence electrons. The summed E-state index contributed by atoms with van der Waals surface area (Å²) in [5.41, 5.74) is 1.07. The van der Waals surface area contributed by atoms with Crippen LogP contribution in [0, 0.1) is 5.92 Å². The molecule has 1 heterocycles. The quantitative estimate of drug-likeness (QED) is 0.507. The number of β-amino-alcohol motifs (C(OH)–C–C–N with tert-alkyl or cyclic N) is 1. The Hall–Kier alpha value is -2.62. The summed E-state index contributed by atoms with van der Waals surface area (Å²) < 4.78 is 38.8. The maximum atomic E-state index is 13.5. The van der Waals surface area contributed by atoms with E-state index in [0.717, 1.165) is 31.2 Å². The van der Waals surface area contributed by atoms with E-state index in [2.05, 4.69) is 0 Å². The number of amides is 1. The van der Waals surface area contributed by atoms with Gasteiger partial charge in [-0.3, -0.25) is 4.90 Å². The predicted molar refractivity (Wildman–Crippen MR) is 132 cm³/mol. The van der Waals surface area contributed by atoms with Gasteiger partial charge in [-0.15, -0.1) is 0 Å². The Morgan fingerprint density at radius 2 is 1.80 bits per heavy atom. The van der Waals surface area contributed by atoms with Gasteiger partial charge < -0.3 is 14.6 Å². The summed E-state index contributed by atoms with van der Waals surface area (Å²) in [5, 5.41) is 11.0. The van der Waals surface area contributed by atoms with Crippen LogP contribution >= 0.6 is 0 Å². The number of aliphatic hydroxyl groups excluding tert-OH is 1. The van der Waals surface area contributed by atoms with Crippen LogP contribution < -0.4 is 4.74 Å². The van der Waals surface area contributed by atoms with Crippen molar-refractivity contribution in [2.75, 3.05) is 33.4 Å². The molecule has 2 aromatic rings. The number of carbonyl (C=O) groups excluding carboxylic acids is 1. The number of aliphatic hydroxyl groups is 1. The SMILES string of the molecule is COc1ccc(S(=O)(=O)N(CC2CCCC2)C[C@@H](O)CN2C(=O)OC[C@@H]2Cc2ccccc2)cc1. The van der Waals surface area contributed by atoms with E-state index in [1.807, 2.05) is 30.3 Å². The first-order valence-electron chi connectivity index (χ1n) is 12.2. The molecular weight excluding hydrogens is 468 g/mol. The highest BCUT2D eigenvalue weighted by molar-refractivity contribution is 7.89. The predicted octanol–water partition coefficient (Wildman–Crippen LogP) is 3.30. The van der Waals surface area contributed by atoms with Gasteiger partial charge in [0.15, 0.2) is 0 Å². The molecule has 1 N–H and O–H groups in total. The topological polar surface area (TPSA) is 96.4 Å². The smallest absolute Gasteiger partial charge is 0.410 e. The van der Waals surface area contributed by atoms with Gasteiger partial charge in [0.05, 0.1) is 30.7 Å². The van der Waals surface area contributed by atoms with Crippen molar-refractivity contribution in [1.29, 1.82) is 0 Å². The third kappa shape index (κ3) is 6.34. The van der Waals surface area contributed by atoms with Crippen molar-refractivity contribution < 1.29 is 27.8 Å². The first-order chi connectivity index (χ1) is 16.9. The molecule has 1 amide bonds. The minimum Gasteiger partial charge on any atom is -0.497 e. The van der Waals surface area contributed by atoms with Crippen LogP contribution in [0.25, 0.3) is 0 Å². The molecule has 0 spiro atoms. The van der Waals surface area contributed by atoms with Crippen LogP contribution in [0.3, 0.4) is 0 Å². The lowest BCUT2D eigenvalue weighted by Gasteiger charge is -2.30. The van der Waals surface area contributed by atoms with E-state index in [4.69, 9.17) is 9.47 Å². The molecule has 2 atom stereocenters. The molecule has 35 heavy (non-hydrogen) atoms. The number of benzene rings is 2. The summed E-state index contributed by atoms with van der Waals surface area (Å²) in [7, 11) is -2.31. The van der Waals surface area contributed by atoms with Crippen LogP contribution in [0.1, 0.15) is 31.2 Å². The Labute approximate surface area is 207 Å². The first kappa shape index (κ1) is 25.5. The monoisotopic (exact) mass is 502 g/mol. The fourth-order valence-corrected chi connectivity index (χ4v) is 6.49. The average molecular weight is 503 g/mol. The highest BCUT2D eigenvalue weighted by Gasteiger charge is 2.36. The largest absolute Gasteiger partial charge is 0.497 e. The molecule has 1 aliphatic heterocycles. The normalized spacial score (nSPS) is 19.8. The molecule has 0 bridgehead atoms. The van der Waals surface area contributed by atoms with Crippen molar-refractivity contribution in [3.63, 3.8) is 0 Å². The molecule has 1 saturated carbocycles. The minimum atomic E-state index is -3.83. The van der Waals surface area contributed by atoms with Crippen molar-refractivity contribution in [2.45, 2.75) is 49.1 Å². The van der Waals surface area contributed by atoms with Gasteiger partial charge in [0.2, 0.25) is 10.0 Å². The van der Waals surface area contributed by atoms with E-state index in [1.54, 1.807) is 12.1 Å². The molecule has 0 radical (unpaired) electrons. The molecule has 0 aromatic heterocycles. The average Bonchev–Trinajstić information content (AvgIpc) is 3.50. The van der Waals surface area contributed by atoms with E-state index in [9.17, 15) is 18.3 Å². The van der Waals surface area contributed by atoms with Crippen molar-refractivity contribution in [2.24, 2.45) is 5.92 Å². The fraction of sp³-hybridized carbons (Fsp3) is 0.500. The zero-order valence-corrected chi connectivity index (χ0v) is 20.9. The summed E-state index contributed by atoms with van der Waals surface area (Å²) in [6.45, 7) is 0.516. The zero-order chi connectivity index (χ0) is 24.8. The van der Waals surface area contributed by atoms with E-state index in [-0.39, 0.29) is 36.6 Å². The Morgan fingerprint density at radius 3 is 2.46 bits per heavy atom. The van der Waals surface area contributed by atoms with E-state index < -0.39 is 22.2 Å². The number of hydrogen-bond acceptors (Lipinski definition) is 6. The number of nitrogens with zero attached hydrogens (tertiary/aromatic N) is 2. The van der Waals surface area contributed by atoms with Gasteiger partial charge in [0, 0.05) is 13.1 Å². The second kappa shape index (κ2) is 11.4. The van der Waals surface area contributed by atoms with Gasteiger partial charge in [-0.25, -0.2) is 13.2 Å². The van der Waals surface area contributed by atoms with E-state index in [0.29, 0.717) is 18.7 Å². The molecule has 0 unspecified atom stereocenters. The Morgan fingerprint density at radius 1 is 1.11 bits per heavy atom. The summed E-state index contributed by atoms with van der Waals surface area (Å²) in [4.78, 5) is 14.1. The minimum absolute atomic E-state index is 0.00956. The van der Waals surface area contributed by atoms with Crippen LogP contribution in [0.2, 0.25) is 0 Å². The second-order valence-electron chi connectivity index (χ2n) is 9.37. The van der Waals surface area contributed by atoms with Crippen molar-refractivity contribution in [3.8, 4) is 5.75 Å². The third-order valence-electron chi connectivity index (χ3n) is 6.84. The number of cyclic esters (lactones) is 1. The van der Waals surface area contributed by atoms with Crippen LogP contribution in [-0.4, -0.2) is 74.3 Å². The molecule has 4 rings (SSSR count). The third-order valence-corrected chi connectivity index (χ3v) is 8.69. The number of sulfonamides is 1. The van der Waals surface area contributed by atoms with Gasteiger partial charge in [-0.05, 0) is 55.0 Å². The number of methoxy groups -OCH3 is 1. The van der Waals surface area contributed by atoms with Crippen molar-refractivity contribution in [1.82, 2.24) is 9.21 Å².